The van der Waals surface area contributed by atoms with Crippen molar-refractivity contribution in [1.29, 1.82) is 0 Å². The fraction of sp³-hybridized carbons (Fsp3) is 0.500. The molecule has 1 aromatic carbocycles. The van der Waals surface area contributed by atoms with Crippen molar-refractivity contribution >= 4 is 11.7 Å². The molecule has 2 unspecified atom stereocenters. The maximum Gasteiger partial charge on any atom is 0.260 e. The zero-order chi connectivity index (χ0) is 15.2. The summed E-state index contributed by atoms with van der Waals surface area (Å²) in [5.41, 5.74) is 0.579. The van der Waals surface area contributed by atoms with Crippen LogP contribution < -0.4 is 15.4 Å². The maximum absolute atomic E-state index is 12.0. The highest BCUT2D eigenvalue weighted by atomic mass is 16.5. The van der Waals surface area contributed by atoms with E-state index < -0.39 is 6.10 Å². The molecule has 2 atom stereocenters. The van der Waals surface area contributed by atoms with Crippen LogP contribution in [0.25, 0.3) is 0 Å². The number of ether oxygens (including phenoxy) is 1. The minimum atomic E-state index is -0.589. The summed E-state index contributed by atoms with van der Waals surface area (Å²) < 4.78 is 5.60. The van der Waals surface area contributed by atoms with Crippen LogP contribution in [0.2, 0.25) is 0 Å². The first kappa shape index (κ1) is 15.5. The van der Waals surface area contributed by atoms with Crippen molar-refractivity contribution in [2.75, 3.05) is 13.1 Å². The molecule has 21 heavy (non-hydrogen) atoms. The van der Waals surface area contributed by atoms with Crippen molar-refractivity contribution in [3.8, 4) is 5.75 Å². The van der Waals surface area contributed by atoms with Gasteiger partial charge in [0.1, 0.15) is 5.75 Å². The third-order valence-corrected chi connectivity index (χ3v) is 3.61. The van der Waals surface area contributed by atoms with Gasteiger partial charge in [0, 0.05) is 18.2 Å². The van der Waals surface area contributed by atoms with Gasteiger partial charge in [0.15, 0.2) is 11.9 Å². The van der Waals surface area contributed by atoms with E-state index in [0.717, 1.165) is 19.4 Å². The predicted molar refractivity (Wildman–Crippen MR) is 80.6 cm³/mol. The Bertz CT molecular complexity index is 510. The Kier molecular flexibility index (Phi) is 5.33. The average molecular weight is 290 g/mol. The summed E-state index contributed by atoms with van der Waals surface area (Å²) in [4.78, 5) is 23.3. The van der Waals surface area contributed by atoms with E-state index in [0.29, 0.717) is 23.9 Å². The first-order valence-electron chi connectivity index (χ1n) is 7.35. The number of nitrogens with one attached hydrogen (secondary N) is 2. The van der Waals surface area contributed by atoms with Crippen molar-refractivity contribution < 1.29 is 14.3 Å². The molecule has 5 nitrogen and oxygen atoms in total. The molecule has 0 saturated carbocycles. The van der Waals surface area contributed by atoms with E-state index >= 15 is 0 Å². The van der Waals surface area contributed by atoms with Gasteiger partial charge in [-0.25, -0.2) is 0 Å². The SMILES string of the molecule is CC(=O)c1cccc(OC(C)C(=O)NCC2CCCN2)c1. The third kappa shape index (κ3) is 4.56. The molecule has 0 aliphatic carbocycles. The van der Waals surface area contributed by atoms with Gasteiger partial charge >= 0.3 is 0 Å². The second-order valence-corrected chi connectivity index (χ2v) is 5.38. The maximum atomic E-state index is 12.0. The lowest BCUT2D eigenvalue weighted by Crippen LogP contribution is -2.42. The predicted octanol–water partition coefficient (Wildman–Crippen LogP) is 1.52. The van der Waals surface area contributed by atoms with Crippen molar-refractivity contribution in [2.45, 2.75) is 38.8 Å². The van der Waals surface area contributed by atoms with Gasteiger partial charge in [-0.05, 0) is 45.4 Å². The van der Waals surface area contributed by atoms with E-state index in [-0.39, 0.29) is 11.7 Å². The Hall–Kier alpha value is -1.88. The van der Waals surface area contributed by atoms with E-state index in [1.54, 1.807) is 31.2 Å². The molecule has 2 rings (SSSR count). The summed E-state index contributed by atoms with van der Waals surface area (Å²) in [6.45, 7) is 4.85. The van der Waals surface area contributed by atoms with Gasteiger partial charge in [0.2, 0.25) is 0 Å². The number of ketones is 1. The van der Waals surface area contributed by atoms with Crippen LogP contribution in [0.1, 0.15) is 37.0 Å². The number of rotatable bonds is 6. The highest BCUT2D eigenvalue weighted by Gasteiger charge is 2.18. The van der Waals surface area contributed by atoms with Crippen LogP contribution in [-0.4, -0.2) is 36.9 Å². The first-order chi connectivity index (χ1) is 10.1. The smallest absolute Gasteiger partial charge is 0.260 e. The molecular weight excluding hydrogens is 268 g/mol. The van der Waals surface area contributed by atoms with E-state index in [1.807, 2.05) is 0 Å². The van der Waals surface area contributed by atoms with Crippen LogP contribution in [0.3, 0.4) is 0 Å². The largest absolute Gasteiger partial charge is 0.481 e. The fourth-order valence-corrected chi connectivity index (χ4v) is 2.34. The quantitative estimate of drug-likeness (QED) is 0.780. The molecule has 1 aliphatic heterocycles. The minimum absolute atomic E-state index is 0.0233. The molecule has 1 amide bonds. The van der Waals surface area contributed by atoms with Gasteiger partial charge in [0.25, 0.3) is 5.91 Å². The lowest BCUT2D eigenvalue weighted by Gasteiger charge is -2.17. The number of amides is 1. The van der Waals surface area contributed by atoms with Gasteiger partial charge < -0.3 is 15.4 Å². The van der Waals surface area contributed by atoms with E-state index in [2.05, 4.69) is 10.6 Å². The zero-order valence-electron chi connectivity index (χ0n) is 12.5. The minimum Gasteiger partial charge on any atom is -0.481 e. The normalized spacial score (nSPS) is 19.0. The Labute approximate surface area is 125 Å². The summed E-state index contributed by atoms with van der Waals surface area (Å²) in [5.74, 6) is 0.367. The molecule has 1 saturated heterocycles. The summed E-state index contributed by atoms with van der Waals surface area (Å²) >= 11 is 0. The molecular formula is C16H22N2O3. The third-order valence-electron chi connectivity index (χ3n) is 3.61. The monoisotopic (exact) mass is 290 g/mol. The molecule has 0 radical (unpaired) electrons. The highest BCUT2D eigenvalue weighted by molar-refractivity contribution is 5.94. The number of hydrogen-bond donors (Lipinski definition) is 2. The van der Waals surface area contributed by atoms with E-state index in [1.165, 1.54) is 6.92 Å². The number of carbonyl (C=O) groups is 2. The number of Topliss-reactive ketones (excluding diaryl/α,β-unsaturated/α-hetero) is 1. The van der Waals surface area contributed by atoms with Gasteiger partial charge in [-0.3, -0.25) is 9.59 Å². The molecule has 114 valence electrons. The zero-order valence-corrected chi connectivity index (χ0v) is 12.5. The molecule has 1 aliphatic rings. The Morgan fingerprint density at radius 2 is 2.29 bits per heavy atom. The topological polar surface area (TPSA) is 67.4 Å². The Morgan fingerprint density at radius 1 is 1.48 bits per heavy atom. The van der Waals surface area contributed by atoms with Gasteiger partial charge in [-0.15, -0.1) is 0 Å². The van der Waals surface area contributed by atoms with Crippen LogP contribution in [0.15, 0.2) is 24.3 Å². The van der Waals surface area contributed by atoms with Crippen molar-refractivity contribution in [3.05, 3.63) is 29.8 Å². The molecule has 0 spiro atoms. The summed E-state index contributed by atoms with van der Waals surface area (Å²) in [5, 5.41) is 6.22. The fourth-order valence-electron chi connectivity index (χ4n) is 2.34. The second kappa shape index (κ2) is 7.22. The van der Waals surface area contributed by atoms with Crippen molar-refractivity contribution in [1.82, 2.24) is 10.6 Å². The van der Waals surface area contributed by atoms with Crippen LogP contribution in [0, 0.1) is 0 Å². The van der Waals surface area contributed by atoms with Crippen LogP contribution in [0.4, 0.5) is 0 Å². The van der Waals surface area contributed by atoms with Crippen LogP contribution >= 0.6 is 0 Å². The second-order valence-electron chi connectivity index (χ2n) is 5.38. The molecule has 1 fully saturated rings. The van der Waals surface area contributed by atoms with Gasteiger partial charge in [0.05, 0.1) is 0 Å². The molecule has 0 bridgehead atoms. The van der Waals surface area contributed by atoms with Crippen molar-refractivity contribution in [2.24, 2.45) is 0 Å². The number of benzene rings is 1. The summed E-state index contributed by atoms with van der Waals surface area (Å²) in [6, 6.07) is 7.24. The molecule has 2 N–H and O–H groups in total. The first-order valence-corrected chi connectivity index (χ1v) is 7.35. The molecule has 0 aromatic heterocycles. The lowest BCUT2D eigenvalue weighted by molar-refractivity contribution is -0.127. The Morgan fingerprint density at radius 3 is 2.95 bits per heavy atom. The van der Waals surface area contributed by atoms with E-state index in [4.69, 9.17) is 4.74 Å². The summed E-state index contributed by atoms with van der Waals surface area (Å²) in [6.07, 6.45) is 1.66. The number of hydrogen-bond acceptors (Lipinski definition) is 4. The molecule has 5 heteroatoms. The van der Waals surface area contributed by atoms with E-state index in [9.17, 15) is 9.59 Å². The number of carbonyl (C=O) groups excluding carboxylic acids is 2. The Balaban J connectivity index is 1.84. The van der Waals surface area contributed by atoms with Gasteiger partial charge in [-0.2, -0.15) is 0 Å². The average Bonchev–Trinajstić information content (AvgIpc) is 2.98. The summed E-state index contributed by atoms with van der Waals surface area (Å²) in [7, 11) is 0. The molecule has 1 heterocycles. The standard InChI is InChI=1S/C16H22N2O3/c1-11(19)13-5-3-7-15(9-13)21-12(2)16(20)18-10-14-6-4-8-17-14/h3,5,7,9,12,14,17H,4,6,8,10H2,1-2H3,(H,18,20). The van der Waals surface area contributed by atoms with Gasteiger partial charge in [-0.1, -0.05) is 12.1 Å². The van der Waals surface area contributed by atoms with Crippen LogP contribution in [-0.2, 0) is 4.79 Å². The lowest BCUT2D eigenvalue weighted by atomic mass is 10.1. The van der Waals surface area contributed by atoms with Crippen molar-refractivity contribution in [3.63, 3.8) is 0 Å². The molecule has 1 aromatic rings. The van der Waals surface area contributed by atoms with Crippen LogP contribution in [0.5, 0.6) is 5.75 Å². The highest BCUT2D eigenvalue weighted by Crippen LogP contribution is 2.15.